The first kappa shape index (κ1) is 20.2. The third-order valence-corrected chi connectivity index (χ3v) is 6.54. The molecule has 0 spiro atoms. The predicted molar refractivity (Wildman–Crippen MR) is 110 cm³/mol. The van der Waals surface area contributed by atoms with E-state index in [2.05, 4.69) is 12.2 Å². The average molecular weight is 426 g/mol. The number of rotatable bonds is 5. The van der Waals surface area contributed by atoms with Crippen LogP contribution in [0.4, 0.5) is 5.00 Å². The number of fused-ring (bicyclic) bond motifs is 1. The Morgan fingerprint density at radius 3 is 2.74 bits per heavy atom. The van der Waals surface area contributed by atoms with E-state index in [1.165, 1.54) is 17.4 Å². The first-order chi connectivity index (χ1) is 12.9. The second kappa shape index (κ2) is 8.63. The van der Waals surface area contributed by atoms with Crippen LogP contribution in [0.2, 0.25) is 10.0 Å². The number of anilines is 1. The summed E-state index contributed by atoms with van der Waals surface area (Å²) in [5.41, 5.74) is 1.82. The average Bonchev–Trinajstić information content (AvgIpc) is 2.98. The summed E-state index contributed by atoms with van der Waals surface area (Å²) >= 11 is 13.5. The molecule has 1 aliphatic rings. The van der Waals surface area contributed by atoms with Crippen molar-refractivity contribution in [3.05, 3.63) is 49.8 Å². The largest absolute Gasteiger partial charge is 0.462 e. The molecule has 0 saturated carbocycles. The Morgan fingerprint density at radius 1 is 1.30 bits per heavy atom. The molecule has 27 heavy (non-hydrogen) atoms. The van der Waals surface area contributed by atoms with Gasteiger partial charge in [0.05, 0.1) is 22.8 Å². The second-order valence-corrected chi connectivity index (χ2v) is 8.47. The lowest BCUT2D eigenvalue weighted by Gasteiger charge is -2.20. The molecule has 1 amide bonds. The van der Waals surface area contributed by atoms with Crippen molar-refractivity contribution >= 4 is 51.4 Å². The topological polar surface area (TPSA) is 55.4 Å². The van der Waals surface area contributed by atoms with Crippen molar-refractivity contribution in [3.63, 3.8) is 0 Å². The van der Waals surface area contributed by atoms with Crippen LogP contribution in [0.1, 0.15) is 57.8 Å². The fourth-order valence-corrected chi connectivity index (χ4v) is 5.19. The molecular formula is C20H21Cl2NO3S. The van der Waals surface area contributed by atoms with Gasteiger partial charge in [0.2, 0.25) is 0 Å². The number of halogens is 2. The molecule has 0 bridgehead atoms. The van der Waals surface area contributed by atoms with E-state index in [4.69, 9.17) is 27.9 Å². The molecule has 0 saturated heterocycles. The van der Waals surface area contributed by atoms with Crippen molar-refractivity contribution in [1.29, 1.82) is 0 Å². The van der Waals surface area contributed by atoms with Gasteiger partial charge in [0.25, 0.3) is 5.91 Å². The normalized spacial score (nSPS) is 15.9. The van der Waals surface area contributed by atoms with Gasteiger partial charge < -0.3 is 10.1 Å². The molecule has 0 unspecified atom stereocenters. The fourth-order valence-electron chi connectivity index (χ4n) is 3.35. The molecule has 3 rings (SSSR count). The van der Waals surface area contributed by atoms with Crippen molar-refractivity contribution in [1.82, 2.24) is 0 Å². The van der Waals surface area contributed by atoms with Gasteiger partial charge in [0, 0.05) is 9.90 Å². The Kier molecular flexibility index (Phi) is 6.45. The zero-order valence-corrected chi connectivity index (χ0v) is 17.6. The van der Waals surface area contributed by atoms with E-state index < -0.39 is 0 Å². The number of ether oxygens (including phenoxy) is 1. The van der Waals surface area contributed by atoms with Crippen molar-refractivity contribution in [2.75, 3.05) is 11.9 Å². The second-order valence-electron chi connectivity index (χ2n) is 6.52. The van der Waals surface area contributed by atoms with Gasteiger partial charge in [-0.3, -0.25) is 4.79 Å². The summed E-state index contributed by atoms with van der Waals surface area (Å²) in [6.45, 7) is 4.24. The van der Waals surface area contributed by atoms with Crippen LogP contribution < -0.4 is 5.32 Å². The third-order valence-electron chi connectivity index (χ3n) is 4.83. The van der Waals surface area contributed by atoms with Gasteiger partial charge in [-0.25, -0.2) is 4.79 Å². The summed E-state index contributed by atoms with van der Waals surface area (Å²) in [6.07, 6.45) is 3.91. The minimum atomic E-state index is -0.387. The van der Waals surface area contributed by atoms with Gasteiger partial charge in [-0.1, -0.05) is 36.5 Å². The minimum Gasteiger partial charge on any atom is -0.462 e. The van der Waals surface area contributed by atoms with Gasteiger partial charge >= 0.3 is 5.97 Å². The first-order valence-corrected chi connectivity index (χ1v) is 10.6. The quantitative estimate of drug-likeness (QED) is 0.597. The van der Waals surface area contributed by atoms with Crippen molar-refractivity contribution in [2.24, 2.45) is 5.92 Å². The highest BCUT2D eigenvalue weighted by Crippen LogP contribution is 2.41. The van der Waals surface area contributed by atoms with E-state index in [1.807, 2.05) is 0 Å². The highest BCUT2D eigenvalue weighted by molar-refractivity contribution is 7.17. The molecule has 0 aliphatic heterocycles. The Hall–Kier alpha value is -1.56. The molecule has 7 heteroatoms. The van der Waals surface area contributed by atoms with Crippen LogP contribution >= 0.6 is 34.5 Å². The lowest BCUT2D eigenvalue weighted by molar-refractivity contribution is 0.0526. The Labute approximate surface area is 172 Å². The molecule has 2 aromatic rings. The Bertz CT molecular complexity index is 878. The van der Waals surface area contributed by atoms with Crippen LogP contribution in [0, 0.1) is 5.92 Å². The third kappa shape index (κ3) is 4.31. The molecule has 1 aromatic heterocycles. The lowest BCUT2D eigenvalue weighted by Crippen LogP contribution is -2.17. The summed E-state index contributed by atoms with van der Waals surface area (Å²) in [7, 11) is 0. The maximum absolute atomic E-state index is 12.7. The number of amides is 1. The molecule has 144 valence electrons. The van der Waals surface area contributed by atoms with Crippen LogP contribution in [-0.2, 0) is 17.6 Å². The van der Waals surface area contributed by atoms with Crippen LogP contribution in [0.15, 0.2) is 18.2 Å². The molecule has 1 aliphatic carbocycles. The number of hydrogen-bond acceptors (Lipinski definition) is 4. The smallest absolute Gasteiger partial charge is 0.341 e. The number of carbonyl (C=O) groups excluding carboxylic acids is 2. The molecule has 1 heterocycles. The highest BCUT2D eigenvalue weighted by atomic mass is 35.5. The van der Waals surface area contributed by atoms with Crippen LogP contribution in [0.3, 0.4) is 0 Å². The standard InChI is InChI=1S/C20H21Cl2NO3S/c1-3-11-5-7-14-16(9-11)27-19(17(14)20(25)26-4-2)23-18(24)13-8-6-12(21)10-15(13)22/h6,8,10-11H,3-5,7,9H2,1-2H3,(H,23,24)/t11-/m0/s1. The van der Waals surface area contributed by atoms with Gasteiger partial charge in [-0.2, -0.15) is 0 Å². The number of hydrogen-bond donors (Lipinski definition) is 1. The van der Waals surface area contributed by atoms with Crippen LogP contribution in [0.25, 0.3) is 0 Å². The molecule has 1 N–H and O–H groups in total. The van der Waals surface area contributed by atoms with E-state index in [9.17, 15) is 9.59 Å². The van der Waals surface area contributed by atoms with E-state index in [0.717, 1.165) is 36.1 Å². The first-order valence-electron chi connectivity index (χ1n) is 9.02. The highest BCUT2D eigenvalue weighted by Gasteiger charge is 2.30. The van der Waals surface area contributed by atoms with Gasteiger partial charge in [-0.05, 0) is 55.9 Å². The van der Waals surface area contributed by atoms with Gasteiger partial charge in [0.1, 0.15) is 5.00 Å². The number of nitrogens with one attached hydrogen (secondary N) is 1. The van der Waals surface area contributed by atoms with E-state index in [-0.39, 0.29) is 23.5 Å². The molecule has 1 aromatic carbocycles. The van der Waals surface area contributed by atoms with Crippen molar-refractivity contribution in [2.45, 2.75) is 39.5 Å². The lowest BCUT2D eigenvalue weighted by atomic mass is 9.85. The summed E-state index contributed by atoms with van der Waals surface area (Å²) < 4.78 is 5.25. The minimum absolute atomic E-state index is 0.269. The van der Waals surface area contributed by atoms with Crippen LogP contribution in [-0.4, -0.2) is 18.5 Å². The maximum atomic E-state index is 12.7. The van der Waals surface area contributed by atoms with Gasteiger partial charge in [-0.15, -0.1) is 11.3 Å². The number of carbonyl (C=O) groups is 2. The van der Waals surface area contributed by atoms with Crippen LogP contribution in [0.5, 0.6) is 0 Å². The summed E-state index contributed by atoms with van der Waals surface area (Å²) in [6, 6.07) is 4.71. The van der Waals surface area contributed by atoms with Crippen molar-refractivity contribution < 1.29 is 14.3 Å². The summed E-state index contributed by atoms with van der Waals surface area (Å²) in [5, 5.41) is 4.13. The molecule has 1 atom stereocenters. The maximum Gasteiger partial charge on any atom is 0.341 e. The number of esters is 1. The molecular weight excluding hydrogens is 405 g/mol. The zero-order valence-electron chi connectivity index (χ0n) is 15.2. The number of benzene rings is 1. The SMILES string of the molecule is CCOC(=O)c1c(NC(=O)c2ccc(Cl)cc2Cl)sc2c1CC[C@H](CC)C2. The van der Waals surface area contributed by atoms with E-state index in [0.29, 0.717) is 27.1 Å². The molecule has 0 radical (unpaired) electrons. The zero-order chi connectivity index (χ0) is 19.6. The monoisotopic (exact) mass is 425 g/mol. The molecule has 4 nitrogen and oxygen atoms in total. The number of thiophene rings is 1. The van der Waals surface area contributed by atoms with Crippen molar-refractivity contribution in [3.8, 4) is 0 Å². The summed E-state index contributed by atoms with van der Waals surface area (Å²) in [5.74, 6) is -0.143. The summed E-state index contributed by atoms with van der Waals surface area (Å²) in [4.78, 5) is 26.5. The van der Waals surface area contributed by atoms with E-state index in [1.54, 1.807) is 19.1 Å². The van der Waals surface area contributed by atoms with Gasteiger partial charge in [0.15, 0.2) is 0 Å². The Morgan fingerprint density at radius 2 is 2.07 bits per heavy atom. The predicted octanol–water partition coefficient (Wildman–Crippen LogP) is 6.00. The fraction of sp³-hybridized carbons (Fsp3) is 0.400. The molecule has 0 fully saturated rings. The van der Waals surface area contributed by atoms with E-state index >= 15 is 0 Å². The Balaban J connectivity index is 1.95.